The number of likely N-dealkylation sites (tertiary alicyclic amines) is 1. The smallest absolute Gasteiger partial charge is 0.228 e. The number of rotatable bonds is 7. The Morgan fingerprint density at radius 1 is 1.23 bits per heavy atom. The Kier molecular flexibility index (Phi) is 6.59. The molecule has 6 nitrogen and oxygen atoms in total. The summed E-state index contributed by atoms with van der Waals surface area (Å²) in [5, 5.41) is 7.47. The molecule has 1 fully saturated rings. The van der Waals surface area contributed by atoms with E-state index in [1.54, 1.807) is 16.0 Å². The highest BCUT2D eigenvalue weighted by atomic mass is 32.1. The van der Waals surface area contributed by atoms with Crippen LogP contribution in [0.3, 0.4) is 0 Å². The second-order valence-electron chi connectivity index (χ2n) is 7.94. The van der Waals surface area contributed by atoms with Crippen LogP contribution >= 0.6 is 11.3 Å². The van der Waals surface area contributed by atoms with Crippen LogP contribution in [0.4, 0.5) is 0 Å². The van der Waals surface area contributed by atoms with Gasteiger partial charge in [0.15, 0.2) is 0 Å². The molecule has 3 heterocycles. The van der Waals surface area contributed by atoms with E-state index in [0.29, 0.717) is 19.6 Å². The lowest BCUT2D eigenvalue weighted by atomic mass is 9.88. The summed E-state index contributed by atoms with van der Waals surface area (Å²) in [6, 6.07) is 12.4. The number of thiazole rings is 1. The average molecular weight is 425 g/mol. The monoisotopic (exact) mass is 424 g/mol. The van der Waals surface area contributed by atoms with Gasteiger partial charge in [0.1, 0.15) is 0 Å². The molecule has 0 bridgehead atoms. The Morgan fingerprint density at radius 3 is 2.77 bits per heavy atom. The van der Waals surface area contributed by atoms with Gasteiger partial charge in [-0.2, -0.15) is 5.10 Å². The van der Waals surface area contributed by atoms with Crippen LogP contribution in [0.2, 0.25) is 0 Å². The van der Waals surface area contributed by atoms with Gasteiger partial charge in [-0.15, -0.1) is 11.3 Å². The van der Waals surface area contributed by atoms with Gasteiger partial charge in [0.05, 0.1) is 35.5 Å². The molecule has 0 unspecified atom stereocenters. The van der Waals surface area contributed by atoms with E-state index in [1.165, 1.54) is 5.56 Å². The van der Waals surface area contributed by atoms with Crippen molar-refractivity contribution < 1.29 is 9.53 Å². The number of aryl methyl sites for hydroxylation is 2. The van der Waals surface area contributed by atoms with Crippen LogP contribution in [-0.4, -0.2) is 44.8 Å². The maximum absolute atomic E-state index is 12.9. The number of nitrogens with zero attached hydrogens (tertiary/aromatic N) is 4. The minimum atomic E-state index is 0.117. The van der Waals surface area contributed by atoms with E-state index in [9.17, 15) is 4.79 Å². The summed E-state index contributed by atoms with van der Waals surface area (Å²) in [6.45, 7) is 3.97. The fraction of sp³-hybridized carbons (Fsp3) is 0.435. The van der Waals surface area contributed by atoms with Crippen LogP contribution in [-0.2, 0) is 36.0 Å². The number of carbonyl (C=O) groups is 1. The molecule has 30 heavy (non-hydrogen) atoms. The topological polar surface area (TPSA) is 60.2 Å². The van der Waals surface area contributed by atoms with Crippen molar-refractivity contribution in [1.29, 1.82) is 0 Å². The average Bonchev–Trinajstić information content (AvgIpc) is 3.35. The second-order valence-corrected chi connectivity index (χ2v) is 9.01. The summed E-state index contributed by atoms with van der Waals surface area (Å²) in [5.74, 6) is 0.397. The summed E-state index contributed by atoms with van der Waals surface area (Å²) >= 11 is 1.65. The van der Waals surface area contributed by atoms with Crippen LogP contribution in [0.1, 0.15) is 28.4 Å². The van der Waals surface area contributed by atoms with E-state index >= 15 is 0 Å². The second kappa shape index (κ2) is 9.53. The fourth-order valence-corrected chi connectivity index (χ4v) is 4.66. The summed E-state index contributed by atoms with van der Waals surface area (Å²) in [5.41, 5.74) is 3.09. The highest BCUT2D eigenvalue weighted by molar-refractivity contribution is 7.09. The van der Waals surface area contributed by atoms with Gasteiger partial charge in [0, 0.05) is 37.6 Å². The summed E-state index contributed by atoms with van der Waals surface area (Å²) < 4.78 is 8.04. The van der Waals surface area contributed by atoms with Crippen LogP contribution < -0.4 is 0 Å². The molecular weight excluding hydrogens is 396 g/mol. The van der Waals surface area contributed by atoms with Gasteiger partial charge in [-0.25, -0.2) is 4.98 Å². The molecule has 158 valence electrons. The number of piperidine rings is 1. The number of amides is 1. The minimum absolute atomic E-state index is 0.117. The Hall–Kier alpha value is -2.51. The van der Waals surface area contributed by atoms with E-state index in [4.69, 9.17) is 4.74 Å². The van der Waals surface area contributed by atoms with Crippen LogP contribution in [0, 0.1) is 12.8 Å². The number of hydrogen-bond donors (Lipinski definition) is 0. The minimum Gasteiger partial charge on any atom is -0.371 e. The summed E-state index contributed by atoms with van der Waals surface area (Å²) in [4.78, 5) is 19.4. The summed E-state index contributed by atoms with van der Waals surface area (Å²) in [7, 11) is 1.87. The molecule has 0 saturated carbocycles. The predicted molar refractivity (Wildman–Crippen MR) is 117 cm³/mol. The van der Waals surface area contributed by atoms with E-state index in [2.05, 4.69) is 39.7 Å². The van der Waals surface area contributed by atoms with Crippen molar-refractivity contribution in [3.05, 3.63) is 69.9 Å². The fourth-order valence-electron chi connectivity index (χ4n) is 4.06. The molecule has 3 aromatic rings. The Bertz CT molecular complexity index is 969. The molecule has 0 radical (unpaired) electrons. The van der Waals surface area contributed by atoms with Crippen molar-refractivity contribution >= 4 is 17.2 Å². The molecule has 0 N–H and O–H groups in total. The Labute approximate surface area is 181 Å². The van der Waals surface area contributed by atoms with Gasteiger partial charge in [-0.05, 0) is 31.4 Å². The SMILES string of the molecule is Cc1nc(CO[C@@H]2CCN(C(=O)Cc3ccn(C)n3)C[C@H]2Cc2ccccc2)cs1. The first kappa shape index (κ1) is 20.8. The maximum atomic E-state index is 12.9. The van der Waals surface area contributed by atoms with E-state index in [1.807, 2.05) is 37.2 Å². The van der Waals surface area contributed by atoms with Crippen LogP contribution in [0.15, 0.2) is 48.0 Å². The maximum Gasteiger partial charge on any atom is 0.228 e. The van der Waals surface area contributed by atoms with E-state index < -0.39 is 0 Å². The Balaban J connectivity index is 1.42. The van der Waals surface area contributed by atoms with Gasteiger partial charge in [-0.3, -0.25) is 9.48 Å². The van der Waals surface area contributed by atoms with Crippen LogP contribution in [0.5, 0.6) is 0 Å². The highest BCUT2D eigenvalue weighted by Gasteiger charge is 2.32. The third-order valence-electron chi connectivity index (χ3n) is 5.57. The first-order chi connectivity index (χ1) is 14.6. The molecule has 7 heteroatoms. The van der Waals surface area contributed by atoms with E-state index in [0.717, 1.165) is 35.8 Å². The van der Waals surface area contributed by atoms with Crippen molar-refractivity contribution in [2.45, 2.75) is 38.9 Å². The van der Waals surface area contributed by atoms with Gasteiger partial charge in [-0.1, -0.05) is 30.3 Å². The molecule has 1 amide bonds. The zero-order valence-corrected chi connectivity index (χ0v) is 18.3. The van der Waals surface area contributed by atoms with Gasteiger partial charge < -0.3 is 9.64 Å². The number of hydrogen-bond acceptors (Lipinski definition) is 5. The molecule has 2 atom stereocenters. The normalized spacial score (nSPS) is 19.2. The first-order valence-electron chi connectivity index (χ1n) is 10.4. The van der Waals surface area contributed by atoms with Gasteiger partial charge >= 0.3 is 0 Å². The standard InChI is InChI=1S/C23H28N4O2S/c1-17-24-21(16-30-17)15-29-22-9-11-27(23(28)13-20-8-10-26(2)25-20)14-19(22)12-18-6-4-3-5-7-18/h3-8,10,16,19,22H,9,11-15H2,1-2H3/t19-,22-/m1/s1. The number of aromatic nitrogens is 3. The molecule has 1 saturated heterocycles. The lowest BCUT2D eigenvalue weighted by Gasteiger charge is -2.38. The number of benzene rings is 1. The molecule has 4 rings (SSSR count). The van der Waals surface area contributed by atoms with Crippen molar-refractivity contribution in [2.75, 3.05) is 13.1 Å². The quantitative estimate of drug-likeness (QED) is 0.583. The number of ether oxygens (including phenoxy) is 1. The van der Waals surface area contributed by atoms with Gasteiger partial charge in [0.2, 0.25) is 5.91 Å². The first-order valence-corrected chi connectivity index (χ1v) is 11.3. The van der Waals surface area contributed by atoms with E-state index in [-0.39, 0.29) is 17.9 Å². The molecule has 2 aromatic heterocycles. The molecule has 1 aliphatic heterocycles. The van der Waals surface area contributed by atoms with Crippen molar-refractivity contribution in [1.82, 2.24) is 19.7 Å². The predicted octanol–water partition coefficient (Wildman–Crippen LogP) is 3.40. The third kappa shape index (κ3) is 5.34. The van der Waals surface area contributed by atoms with Crippen molar-refractivity contribution in [3.63, 3.8) is 0 Å². The summed E-state index contributed by atoms with van der Waals surface area (Å²) in [6.07, 6.45) is 4.08. The highest BCUT2D eigenvalue weighted by Crippen LogP contribution is 2.26. The van der Waals surface area contributed by atoms with Gasteiger partial charge in [0.25, 0.3) is 0 Å². The molecule has 0 spiro atoms. The lowest BCUT2D eigenvalue weighted by Crippen LogP contribution is -2.48. The number of carbonyl (C=O) groups excluding carboxylic acids is 1. The lowest BCUT2D eigenvalue weighted by molar-refractivity contribution is -0.136. The van der Waals surface area contributed by atoms with Crippen molar-refractivity contribution in [2.24, 2.45) is 13.0 Å². The molecular formula is C23H28N4O2S. The van der Waals surface area contributed by atoms with Crippen LogP contribution in [0.25, 0.3) is 0 Å². The molecule has 1 aliphatic rings. The molecule has 1 aromatic carbocycles. The zero-order chi connectivity index (χ0) is 20.9. The Morgan fingerprint density at radius 2 is 2.07 bits per heavy atom. The molecule has 0 aliphatic carbocycles. The largest absolute Gasteiger partial charge is 0.371 e. The zero-order valence-electron chi connectivity index (χ0n) is 17.5. The third-order valence-corrected chi connectivity index (χ3v) is 6.39. The van der Waals surface area contributed by atoms with Crippen molar-refractivity contribution in [3.8, 4) is 0 Å².